The molecule has 5 fully saturated rings. The van der Waals surface area contributed by atoms with Crippen LogP contribution in [0.25, 0.3) is 27.0 Å². The van der Waals surface area contributed by atoms with Gasteiger partial charge in [-0.25, -0.2) is 0 Å². The summed E-state index contributed by atoms with van der Waals surface area (Å²) in [6.45, 7) is 9.75. The van der Waals surface area contributed by atoms with Crippen molar-refractivity contribution in [3.05, 3.63) is 108 Å². The van der Waals surface area contributed by atoms with Crippen molar-refractivity contribution in [3.63, 3.8) is 0 Å². The van der Waals surface area contributed by atoms with E-state index in [-0.39, 0.29) is 53.5 Å². The molecule has 28 nitrogen and oxygen atoms in total. The number of ketones is 4. The first-order valence-corrected chi connectivity index (χ1v) is 32.6. The Labute approximate surface area is 553 Å². The van der Waals surface area contributed by atoms with E-state index in [0.29, 0.717) is 0 Å². The number of phenolic OH excluding ortho intramolecular Hbond substituents is 2. The lowest BCUT2D eigenvalue weighted by atomic mass is 9.52. The first kappa shape index (κ1) is 69.1. The van der Waals surface area contributed by atoms with Crippen LogP contribution >= 0.6 is 0 Å². The Kier molecular flexibility index (Phi) is 18.6. The number of ether oxygens (including phenoxy) is 10. The van der Waals surface area contributed by atoms with Crippen molar-refractivity contribution in [2.75, 3.05) is 42.4 Å². The third-order valence-corrected chi connectivity index (χ3v) is 21.9. The molecular formula is C68H84N6O22+2. The van der Waals surface area contributed by atoms with Gasteiger partial charge in [-0.15, -0.1) is 0 Å². The molecule has 0 spiro atoms. The van der Waals surface area contributed by atoms with Gasteiger partial charge >= 0.3 is 11.4 Å². The van der Waals surface area contributed by atoms with E-state index >= 15 is 9.59 Å². The number of allylic oxidation sites excluding steroid dienone is 4. The zero-order chi connectivity index (χ0) is 69.4. The Morgan fingerprint density at radius 1 is 0.594 bits per heavy atom. The molecule has 10 aliphatic rings. The van der Waals surface area contributed by atoms with Gasteiger partial charge < -0.3 is 98.0 Å². The molecule has 28 heteroatoms. The summed E-state index contributed by atoms with van der Waals surface area (Å²) in [5.41, 5.74) is -10.2. The van der Waals surface area contributed by atoms with Gasteiger partial charge in [0.1, 0.15) is 81.5 Å². The number of aliphatic hydroxyl groups is 6. The van der Waals surface area contributed by atoms with Crippen LogP contribution in [0.15, 0.2) is 64.6 Å². The molecule has 2 aromatic rings. The summed E-state index contributed by atoms with van der Waals surface area (Å²) in [6.07, 6.45) is -20.6. The molecule has 0 bridgehead atoms. The van der Waals surface area contributed by atoms with Gasteiger partial charge in [-0.1, -0.05) is 38.1 Å². The molecule has 4 aliphatic heterocycles. The van der Waals surface area contributed by atoms with Gasteiger partial charge in [-0.2, -0.15) is 0 Å². The maximum absolute atomic E-state index is 17.9. The summed E-state index contributed by atoms with van der Waals surface area (Å²) in [4.78, 5) is 72.5. The van der Waals surface area contributed by atoms with Crippen LogP contribution in [0.1, 0.15) is 128 Å². The van der Waals surface area contributed by atoms with E-state index < -0.39 is 244 Å². The van der Waals surface area contributed by atoms with Crippen molar-refractivity contribution in [3.8, 4) is 11.5 Å². The largest absolute Gasteiger partial charge is 0.511 e. The fraction of sp³-hybridized carbons (Fsp3) is 0.618. The van der Waals surface area contributed by atoms with Crippen LogP contribution in [0.5, 0.6) is 11.5 Å². The summed E-state index contributed by atoms with van der Waals surface area (Å²) in [6, 6.07) is 4.82. The number of diazo groups is 2. The predicted octanol–water partition coefficient (Wildman–Crippen LogP) is 5.20. The molecule has 0 aromatic heterocycles. The molecule has 6 aliphatic carbocycles. The normalized spacial score (nSPS) is 39.8. The molecule has 12 rings (SSSR count). The average molecular weight is 1340 g/mol. The number of rotatable bonds is 15. The second kappa shape index (κ2) is 25.8. The molecule has 96 heavy (non-hydrogen) atoms. The topological polar surface area (TPSA) is 385 Å². The Morgan fingerprint density at radius 3 is 1.56 bits per heavy atom. The van der Waals surface area contributed by atoms with E-state index in [1.807, 2.05) is 0 Å². The van der Waals surface area contributed by atoms with Crippen LogP contribution in [-0.4, -0.2) is 238 Å². The highest BCUT2D eigenvalue weighted by Gasteiger charge is 2.76. The Hall–Kier alpha value is -6.78. The molecule has 0 amide bonds. The highest BCUT2D eigenvalue weighted by Crippen LogP contribution is 2.67. The van der Waals surface area contributed by atoms with Crippen molar-refractivity contribution in [1.82, 2.24) is 9.80 Å². The van der Waals surface area contributed by atoms with E-state index in [1.165, 1.54) is 26.4 Å². The van der Waals surface area contributed by atoms with E-state index in [2.05, 4.69) is 9.95 Å². The molecule has 4 heterocycles. The maximum Gasteiger partial charge on any atom is 0.403 e. The number of Topliss-reactive ketones (excluding diaryl/α,β-unsaturated/α-hetero) is 2. The van der Waals surface area contributed by atoms with E-state index in [0.717, 1.165) is 12.2 Å². The minimum Gasteiger partial charge on any atom is -0.511 e. The maximum atomic E-state index is 17.9. The highest BCUT2D eigenvalue weighted by molar-refractivity contribution is 6.27. The van der Waals surface area contributed by atoms with Crippen molar-refractivity contribution in [2.24, 2.45) is 23.7 Å². The Balaban J connectivity index is 1.22. The van der Waals surface area contributed by atoms with Crippen LogP contribution in [0, 0.1) is 34.5 Å². The van der Waals surface area contributed by atoms with Crippen molar-refractivity contribution >= 4 is 40.2 Å². The second-order valence-electron chi connectivity index (χ2n) is 27.3. The molecule has 0 radical (unpaired) electrons. The lowest BCUT2D eigenvalue weighted by molar-refractivity contribution is -0.356. The number of likely N-dealkylation sites (N-methyl/N-ethyl adjacent to an activating group) is 2. The van der Waals surface area contributed by atoms with Gasteiger partial charge in [0.2, 0.25) is 16.6 Å². The van der Waals surface area contributed by atoms with Gasteiger partial charge in [0.05, 0.1) is 95.4 Å². The van der Waals surface area contributed by atoms with Gasteiger partial charge in [-0.3, -0.25) is 19.2 Å². The molecule has 2 unspecified atom stereocenters. The number of nitrogens with zero attached hydrogens (tertiary/aromatic N) is 6. The van der Waals surface area contributed by atoms with E-state index in [1.54, 1.807) is 91.7 Å². The first-order valence-electron chi connectivity index (χ1n) is 32.6. The van der Waals surface area contributed by atoms with Gasteiger partial charge in [0.25, 0.3) is 0 Å². The molecule has 2 aromatic carbocycles. The fourth-order valence-electron chi connectivity index (χ4n) is 17.7. The molecule has 8 N–H and O–H groups in total. The van der Waals surface area contributed by atoms with Gasteiger partial charge in [-0.05, 0) is 80.9 Å². The summed E-state index contributed by atoms with van der Waals surface area (Å²) in [5.74, 6) is -14.8. The minimum atomic E-state index is -2.50. The second-order valence-corrected chi connectivity index (χ2v) is 27.3. The van der Waals surface area contributed by atoms with Crippen molar-refractivity contribution in [1.29, 1.82) is 10.8 Å². The van der Waals surface area contributed by atoms with Crippen LogP contribution in [0.3, 0.4) is 0 Å². The number of aromatic hydroxyl groups is 2. The number of hydrogen-bond donors (Lipinski definition) is 8. The third kappa shape index (κ3) is 10.4. The zero-order valence-corrected chi connectivity index (χ0v) is 55.4. The number of carbonyl (C=O) groups excluding carboxylic acids is 4. The minimum absolute atomic E-state index is 0.000866. The van der Waals surface area contributed by atoms with Crippen LogP contribution in [0.4, 0.5) is 0 Å². The average Bonchev–Trinajstić information content (AvgIpc) is 1.41. The van der Waals surface area contributed by atoms with Crippen molar-refractivity contribution < 1.29 is 107 Å². The quantitative estimate of drug-likeness (QED) is 0.0838. The number of phenols is 2. The first-order chi connectivity index (χ1) is 45.6. The fourth-order valence-corrected chi connectivity index (χ4v) is 17.7. The molecular weight excluding hydrogens is 1250 g/mol. The smallest absolute Gasteiger partial charge is 0.403 e. The van der Waals surface area contributed by atoms with E-state index in [4.69, 9.17) is 47.4 Å². The summed E-state index contributed by atoms with van der Waals surface area (Å²) in [7, 11) is 9.73. The Bertz CT molecular complexity index is 3770. The van der Waals surface area contributed by atoms with Crippen LogP contribution in [0.2, 0.25) is 0 Å². The molecule has 24 atom stereocenters. The standard InChI is InChI=1S/C68H82N6O22/c1-13-67(95-39-23-35(87-11)57(79)27(5)91-39)51(63(85)45-43-47(60(82)30-18-16-15-17-29(30)59(43)81)53(71-69)49(45)65(67)93-37-21-33(77)55(73(7)8)25(3)89-37)52-64(86)46-44-48(62(84)42-32(76)20-19-31(75)41(42)61(44)83)54(72-70)50(46)66(94-38-22-34(78)56(74(9)10)26(4)90-38)68(52,14-2)96-40-24-36(88-12)58(80)28(6)92-40/h15-20,25-28,33-40,45,49,51-52,55-58,65-66,70,77-80H,13-14,21-24H2,1-12H3,(H-,81,83,84,86)/p+2/t25-,26+,27+,28+,33-,34+,35+,36+,37+,38-,39+,40+,45?,49?,51-,52-,55-,56+,57+,58+,65+,66+,67-,68-/m0/s1. The predicted molar refractivity (Wildman–Crippen MR) is 335 cm³/mol. The summed E-state index contributed by atoms with van der Waals surface area (Å²) >= 11 is 0. The zero-order valence-electron chi connectivity index (χ0n) is 55.4. The monoisotopic (exact) mass is 1340 g/mol. The number of carbonyl (C=O) groups is 4. The van der Waals surface area contributed by atoms with E-state index in [9.17, 15) is 61.2 Å². The van der Waals surface area contributed by atoms with Gasteiger partial charge in [0.15, 0.2) is 46.7 Å². The lowest BCUT2D eigenvalue weighted by Gasteiger charge is -2.60. The third-order valence-electron chi connectivity index (χ3n) is 21.9. The molecule has 1 saturated carbocycles. The van der Waals surface area contributed by atoms with Crippen molar-refractivity contribution in [2.45, 2.75) is 202 Å². The van der Waals surface area contributed by atoms with Crippen LogP contribution < -0.4 is 0 Å². The number of hydrogen-bond acceptors (Lipinski definition) is 26. The number of methoxy groups -OCH3 is 2. The van der Waals surface area contributed by atoms with Gasteiger partial charge in [0, 0.05) is 67.7 Å². The number of fused-ring (bicyclic) bond motifs is 8. The highest BCUT2D eigenvalue weighted by atomic mass is 16.7. The SMILES string of the molecule is CC[C@@]1(O[C@@H]2C[C@@H](OC)[C@H](O)[C@@H](C)O2)[C@H](O[C@H]2C[C@@H](O)[C@H](N(C)C)[C@@H](C)O2)C2=C([N+]#N)c3c(O)c4c(c(O)c3C2=C(O)[C@@H]1[C@H]1C(=O)C2C3=C(O)c5ccccc5C(=O)C3=C([N+]#N)C2[C@@H](O[C@@H]2C[C@H](O)[C@@H](N(C)C)[C@H](C)O2)[C@@]1(CC)O[C@@H]1C[C@@H](OC)[C@H](O)[C@@H](C)O1)C(=O)C=CC4=O. The number of benzene rings is 2. The molecule has 516 valence electrons. The number of aliphatic hydroxyl groups excluding tert-OH is 6. The van der Waals surface area contributed by atoms with Crippen LogP contribution in [-0.2, 0) is 52.2 Å². The Morgan fingerprint density at radius 2 is 1.08 bits per heavy atom. The lowest BCUT2D eigenvalue weighted by Crippen LogP contribution is -2.72. The molecule has 4 saturated heterocycles. The summed E-state index contributed by atoms with van der Waals surface area (Å²) in [5, 5.41) is 124. The summed E-state index contributed by atoms with van der Waals surface area (Å²) < 4.78 is 68.3.